The normalized spacial score (nSPS) is 9.82. The molecular weight excluding hydrogens is 174 g/mol. The van der Waals surface area contributed by atoms with Gasteiger partial charge in [-0.25, -0.2) is 0 Å². The number of hydrogen-bond donors (Lipinski definition) is 2. The molecule has 3 nitrogen and oxygen atoms in total. The first kappa shape index (κ1) is 14.8. The topological polar surface area (TPSA) is 49.7 Å². The Labute approximate surface area is 91.4 Å². The van der Waals surface area contributed by atoms with E-state index in [1.54, 1.807) is 0 Å². The predicted molar refractivity (Wildman–Crippen MR) is 48.6 cm³/mol. The molecule has 0 saturated heterocycles. The van der Waals surface area contributed by atoms with Crippen LogP contribution in [-0.2, 0) is 4.52 Å². The van der Waals surface area contributed by atoms with Gasteiger partial charge in [0.05, 0.1) is 6.61 Å². The van der Waals surface area contributed by atoms with Crippen LogP contribution >= 0.6 is 8.60 Å². The second-order valence-electron chi connectivity index (χ2n) is 2.15. The summed E-state index contributed by atoms with van der Waals surface area (Å²) in [5.41, 5.74) is 0. The van der Waals surface area contributed by atoms with Gasteiger partial charge in [-0.1, -0.05) is 26.2 Å². The van der Waals surface area contributed by atoms with Crippen LogP contribution in [0, 0.1) is 0 Å². The van der Waals surface area contributed by atoms with E-state index in [2.05, 4.69) is 11.4 Å². The Bertz CT molecular complexity index is 72.8. The van der Waals surface area contributed by atoms with E-state index < -0.39 is 8.60 Å². The zero-order valence-corrected chi connectivity index (χ0v) is 7.18. The summed E-state index contributed by atoms with van der Waals surface area (Å²) in [6.45, 7) is 2.60. The molecule has 11 heavy (non-hydrogen) atoms. The van der Waals surface area contributed by atoms with Crippen LogP contribution in [0.25, 0.3) is 0 Å². The van der Waals surface area contributed by atoms with Crippen LogP contribution in [-0.4, -0.2) is 46.0 Å². The van der Waals surface area contributed by atoms with E-state index in [1.807, 2.05) is 0 Å². The van der Waals surface area contributed by atoms with Gasteiger partial charge >= 0.3 is 38.2 Å². The Hall–Kier alpha value is 1.31. The van der Waals surface area contributed by atoms with Gasteiger partial charge in [0, 0.05) is 0 Å². The second-order valence-corrected chi connectivity index (χ2v) is 2.91. The summed E-state index contributed by atoms with van der Waals surface area (Å²) in [5.74, 6) is 0. The monoisotopic (exact) mass is 190 g/mol. The van der Waals surface area contributed by atoms with Crippen LogP contribution in [0.3, 0.4) is 0 Å². The first-order chi connectivity index (χ1) is 4.77. The standard InChI is InChI=1S/C6H15O3P.Na.H/c1-2-3-4-5-6-9-10(7)8;;/h7-8H,2-6H2,1H3;;. The van der Waals surface area contributed by atoms with E-state index in [1.165, 1.54) is 12.8 Å². The summed E-state index contributed by atoms with van der Waals surface area (Å²) < 4.78 is 4.56. The van der Waals surface area contributed by atoms with Gasteiger partial charge in [-0.3, -0.25) is 0 Å². The average molecular weight is 190 g/mol. The van der Waals surface area contributed by atoms with E-state index in [9.17, 15) is 0 Å². The van der Waals surface area contributed by atoms with Crippen molar-refractivity contribution in [2.24, 2.45) is 0 Å². The summed E-state index contributed by atoms with van der Waals surface area (Å²) in [6.07, 6.45) is 4.42. The molecule has 0 aliphatic rings. The Morgan fingerprint density at radius 3 is 2.27 bits per heavy atom. The quantitative estimate of drug-likeness (QED) is 0.375. The molecular formula is C6H16NaO3P. The van der Waals surface area contributed by atoms with Crippen LogP contribution in [0.5, 0.6) is 0 Å². The van der Waals surface area contributed by atoms with Gasteiger partial charge in [0.2, 0.25) is 0 Å². The molecule has 0 rings (SSSR count). The molecule has 2 N–H and O–H groups in total. The van der Waals surface area contributed by atoms with Crippen molar-refractivity contribution < 1.29 is 14.3 Å². The number of hydrogen-bond acceptors (Lipinski definition) is 3. The summed E-state index contributed by atoms with van der Waals surface area (Å²) in [5, 5.41) is 0. The third-order valence-corrected chi connectivity index (χ3v) is 1.62. The summed E-state index contributed by atoms with van der Waals surface area (Å²) in [6, 6.07) is 0. The molecule has 0 radical (unpaired) electrons. The number of unbranched alkanes of at least 4 members (excludes halogenated alkanes) is 3. The van der Waals surface area contributed by atoms with Crippen LogP contribution in [0.4, 0.5) is 0 Å². The molecule has 0 aliphatic heterocycles. The SMILES string of the molecule is CCCCCCOP(O)O.[NaH]. The van der Waals surface area contributed by atoms with Crippen molar-refractivity contribution in [2.45, 2.75) is 32.6 Å². The molecule has 5 heteroatoms. The molecule has 0 aromatic carbocycles. The zero-order valence-electron chi connectivity index (χ0n) is 6.29. The molecule has 0 amide bonds. The third-order valence-electron chi connectivity index (χ3n) is 1.20. The molecule has 0 aromatic rings. The molecule has 0 aliphatic carbocycles. The molecule has 0 saturated carbocycles. The number of rotatable bonds is 6. The minimum absolute atomic E-state index is 0. The Kier molecular flexibility index (Phi) is 15.2. The van der Waals surface area contributed by atoms with Crippen molar-refractivity contribution in [2.75, 3.05) is 6.61 Å². The van der Waals surface area contributed by atoms with E-state index >= 15 is 0 Å². The van der Waals surface area contributed by atoms with Gasteiger partial charge < -0.3 is 14.3 Å². The van der Waals surface area contributed by atoms with E-state index in [0.29, 0.717) is 6.61 Å². The Balaban J connectivity index is 0. The van der Waals surface area contributed by atoms with Gasteiger partial charge in [-0.15, -0.1) is 0 Å². The van der Waals surface area contributed by atoms with E-state index in [4.69, 9.17) is 9.79 Å². The fraction of sp³-hybridized carbons (Fsp3) is 1.00. The van der Waals surface area contributed by atoms with Gasteiger partial charge in [0.1, 0.15) is 0 Å². The van der Waals surface area contributed by atoms with Crippen LogP contribution in [0.2, 0.25) is 0 Å². The fourth-order valence-electron chi connectivity index (χ4n) is 0.675. The van der Waals surface area contributed by atoms with Gasteiger partial charge in [0.15, 0.2) is 0 Å². The molecule has 0 heterocycles. The van der Waals surface area contributed by atoms with Crippen molar-refractivity contribution in [3.63, 3.8) is 0 Å². The predicted octanol–water partition coefficient (Wildman–Crippen LogP) is 1.15. The summed E-state index contributed by atoms with van der Waals surface area (Å²) in [7, 11) is -2.12. The molecule has 0 fully saturated rings. The molecule has 0 aromatic heterocycles. The van der Waals surface area contributed by atoms with E-state index in [0.717, 1.165) is 12.8 Å². The molecule has 64 valence electrons. The maximum absolute atomic E-state index is 8.31. The van der Waals surface area contributed by atoms with Crippen molar-refractivity contribution in [1.82, 2.24) is 0 Å². The van der Waals surface area contributed by atoms with E-state index in [-0.39, 0.29) is 29.6 Å². The minimum atomic E-state index is -2.12. The molecule has 0 unspecified atom stereocenters. The summed E-state index contributed by atoms with van der Waals surface area (Å²) >= 11 is 0. The van der Waals surface area contributed by atoms with Crippen molar-refractivity contribution in [3.8, 4) is 0 Å². The first-order valence-corrected chi connectivity index (χ1v) is 4.74. The fourth-order valence-corrected chi connectivity index (χ4v) is 0.967. The maximum atomic E-state index is 8.31. The first-order valence-electron chi connectivity index (χ1n) is 3.58. The Morgan fingerprint density at radius 1 is 1.18 bits per heavy atom. The zero-order chi connectivity index (χ0) is 7.82. The molecule has 0 spiro atoms. The van der Waals surface area contributed by atoms with Crippen LogP contribution in [0.1, 0.15) is 32.6 Å². The van der Waals surface area contributed by atoms with Gasteiger partial charge in [0.25, 0.3) is 0 Å². The van der Waals surface area contributed by atoms with Crippen molar-refractivity contribution in [3.05, 3.63) is 0 Å². The van der Waals surface area contributed by atoms with Gasteiger partial charge in [-0.05, 0) is 6.42 Å². The molecule has 0 atom stereocenters. The Morgan fingerprint density at radius 2 is 1.82 bits per heavy atom. The van der Waals surface area contributed by atoms with Crippen molar-refractivity contribution >= 4 is 38.2 Å². The third kappa shape index (κ3) is 14.2. The second kappa shape index (κ2) is 11.3. The summed E-state index contributed by atoms with van der Waals surface area (Å²) in [4.78, 5) is 16.6. The van der Waals surface area contributed by atoms with Crippen molar-refractivity contribution in [1.29, 1.82) is 0 Å². The van der Waals surface area contributed by atoms with Crippen LogP contribution in [0.15, 0.2) is 0 Å². The van der Waals surface area contributed by atoms with Gasteiger partial charge in [-0.2, -0.15) is 0 Å². The molecule has 0 bridgehead atoms. The average Bonchev–Trinajstić information content (AvgIpc) is 1.87. The van der Waals surface area contributed by atoms with Crippen LogP contribution < -0.4 is 0 Å².